The van der Waals surface area contributed by atoms with Crippen molar-refractivity contribution in [3.8, 4) is 39.9 Å². The van der Waals surface area contributed by atoms with Crippen LogP contribution in [0.4, 0.5) is 0 Å². The normalized spacial score (nSPS) is 12.2. The van der Waals surface area contributed by atoms with Gasteiger partial charge in [-0.1, -0.05) is 140 Å². The van der Waals surface area contributed by atoms with Crippen LogP contribution in [0.25, 0.3) is 149 Å². The number of fused-ring (bicyclic) bond motifs is 15. The summed E-state index contributed by atoms with van der Waals surface area (Å²) in [6.07, 6.45) is 0. The van der Waals surface area contributed by atoms with Crippen LogP contribution in [0, 0.1) is 0 Å². The molecule has 0 spiro atoms. The first kappa shape index (κ1) is 36.2. The quantitative estimate of drug-likeness (QED) is 0.176. The molecule has 0 bridgehead atoms. The highest BCUT2D eigenvalue weighted by molar-refractivity contribution is 6.25. The molecule has 67 heavy (non-hydrogen) atoms. The van der Waals surface area contributed by atoms with E-state index in [4.69, 9.17) is 23.8 Å². The lowest BCUT2D eigenvalue weighted by atomic mass is 9.99. The number of hydrogen-bond donors (Lipinski definition) is 0. The number of nitrogens with zero attached hydrogens (tertiary/aromatic N) is 4. The van der Waals surface area contributed by atoms with Crippen molar-refractivity contribution >= 4 is 109 Å². The van der Waals surface area contributed by atoms with Crippen LogP contribution in [-0.4, -0.2) is 19.5 Å². The summed E-state index contributed by atoms with van der Waals surface area (Å²) >= 11 is 0. The molecule has 15 aromatic rings. The van der Waals surface area contributed by atoms with Crippen LogP contribution in [0.5, 0.6) is 0 Å². The number of furan rings is 2. The predicted molar refractivity (Wildman–Crippen MR) is 275 cm³/mol. The summed E-state index contributed by atoms with van der Waals surface area (Å²) in [7, 11) is 0. The molecule has 6 heteroatoms. The van der Waals surface area contributed by atoms with Crippen LogP contribution in [0.1, 0.15) is 0 Å². The summed E-state index contributed by atoms with van der Waals surface area (Å²) in [5.74, 6) is 1.64. The average molecular weight is 855 g/mol. The molecule has 4 heterocycles. The Morgan fingerprint density at radius 3 is 1.73 bits per heavy atom. The summed E-state index contributed by atoms with van der Waals surface area (Å²) < 4.78 is 15.7. The van der Waals surface area contributed by atoms with Gasteiger partial charge in [-0.25, -0.2) is 15.0 Å². The minimum absolute atomic E-state index is 0.522. The van der Waals surface area contributed by atoms with E-state index in [1.165, 1.54) is 32.3 Å². The highest BCUT2D eigenvalue weighted by Gasteiger charge is 2.23. The average Bonchev–Trinajstić information content (AvgIpc) is 4.07. The minimum atomic E-state index is 0.522. The molecule has 0 N–H and O–H groups in total. The molecule has 0 saturated heterocycles. The number of hydrogen-bond acceptors (Lipinski definition) is 5. The molecular weight excluding hydrogens is 821 g/mol. The Labute approximate surface area is 381 Å². The fourth-order valence-corrected chi connectivity index (χ4v) is 10.6. The van der Waals surface area contributed by atoms with E-state index in [0.29, 0.717) is 17.5 Å². The highest BCUT2D eigenvalue weighted by atomic mass is 16.3. The van der Waals surface area contributed by atoms with Gasteiger partial charge in [0.15, 0.2) is 17.5 Å². The number of rotatable bonds is 4. The van der Waals surface area contributed by atoms with Gasteiger partial charge in [-0.05, 0) is 110 Å². The molecule has 0 aliphatic heterocycles. The summed E-state index contributed by atoms with van der Waals surface area (Å²) in [6.45, 7) is 0. The molecule has 0 fully saturated rings. The van der Waals surface area contributed by atoms with Crippen LogP contribution in [-0.2, 0) is 0 Å². The van der Waals surface area contributed by atoms with Gasteiger partial charge in [0.05, 0.1) is 16.6 Å². The molecule has 0 saturated carbocycles. The summed E-state index contributed by atoms with van der Waals surface area (Å²) in [4.78, 5) is 15.8. The van der Waals surface area contributed by atoms with Crippen LogP contribution >= 0.6 is 0 Å². The van der Waals surface area contributed by atoms with Gasteiger partial charge in [-0.3, -0.25) is 0 Å². The van der Waals surface area contributed by atoms with Crippen LogP contribution < -0.4 is 0 Å². The Morgan fingerprint density at radius 2 is 0.910 bits per heavy atom. The second kappa shape index (κ2) is 13.7. The zero-order chi connectivity index (χ0) is 43.7. The lowest BCUT2D eigenvalue weighted by Gasteiger charge is -2.13. The van der Waals surface area contributed by atoms with Gasteiger partial charge < -0.3 is 13.4 Å². The van der Waals surface area contributed by atoms with E-state index in [9.17, 15) is 0 Å². The van der Waals surface area contributed by atoms with E-state index in [-0.39, 0.29) is 0 Å². The van der Waals surface area contributed by atoms with Gasteiger partial charge in [0.25, 0.3) is 0 Å². The maximum Gasteiger partial charge on any atom is 0.167 e. The molecule has 0 aliphatic rings. The van der Waals surface area contributed by atoms with Crippen LogP contribution in [0.2, 0.25) is 0 Å². The monoisotopic (exact) mass is 854 g/mol. The van der Waals surface area contributed by atoms with Gasteiger partial charge in [0, 0.05) is 49.1 Å². The molecule has 15 rings (SSSR count). The maximum atomic E-state index is 6.93. The van der Waals surface area contributed by atoms with Crippen LogP contribution in [0.15, 0.2) is 215 Å². The van der Waals surface area contributed by atoms with Gasteiger partial charge >= 0.3 is 0 Å². The van der Waals surface area contributed by atoms with Gasteiger partial charge in [0.1, 0.15) is 22.3 Å². The van der Waals surface area contributed by atoms with Crippen molar-refractivity contribution in [2.45, 2.75) is 0 Å². The molecule has 0 atom stereocenters. The van der Waals surface area contributed by atoms with Crippen LogP contribution in [0.3, 0.4) is 0 Å². The summed E-state index contributed by atoms with van der Waals surface area (Å²) in [5, 5.41) is 15.9. The molecule has 0 unspecified atom stereocenters. The second-order valence-electron chi connectivity index (χ2n) is 17.5. The van der Waals surface area contributed by atoms with Gasteiger partial charge in [-0.15, -0.1) is 0 Å². The zero-order valence-corrected chi connectivity index (χ0v) is 35.7. The highest BCUT2D eigenvalue weighted by Crippen LogP contribution is 2.44. The molecule has 0 aliphatic carbocycles. The number of aromatic nitrogens is 4. The summed E-state index contributed by atoms with van der Waals surface area (Å²) in [5.41, 5.74) is 9.04. The van der Waals surface area contributed by atoms with E-state index in [0.717, 1.165) is 98.8 Å². The van der Waals surface area contributed by atoms with E-state index >= 15 is 0 Å². The number of benzene rings is 11. The second-order valence-corrected chi connectivity index (χ2v) is 17.5. The first-order valence-corrected chi connectivity index (χ1v) is 22.6. The molecule has 0 amide bonds. The van der Waals surface area contributed by atoms with Crippen molar-refractivity contribution < 1.29 is 8.83 Å². The van der Waals surface area contributed by atoms with Crippen molar-refractivity contribution in [1.82, 2.24) is 19.5 Å². The Balaban J connectivity index is 0.989. The maximum absolute atomic E-state index is 6.93. The molecule has 0 radical (unpaired) electrons. The molecule has 11 aromatic carbocycles. The standard InChI is InChI=1S/C61H34N4O2/c1-2-13-37-29-41(22-21-35(37)11-1)59-62-60(42-24-27-46-45-17-7-9-19-53(45)66-55(46)33-42)64-61(63-59)50-31-40-23-26-43(34-48(40)57-47-18-8-10-20-54(47)67-58(50)57)65-51-28-25-36-12-5-6-16-44(36)56(51)49-30-38-14-3-4-15-39(38)32-52(49)65/h1-34H. The zero-order valence-electron chi connectivity index (χ0n) is 35.7. The van der Waals surface area contributed by atoms with Gasteiger partial charge in [0.2, 0.25) is 0 Å². The van der Waals surface area contributed by atoms with Crippen molar-refractivity contribution in [3.63, 3.8) is 0 Å². The molecular formula is C61H34N4O2. The smallest absolute Gasteiger partial charge is 0.167 e. The largest absolute Gasteiger partial charge is 0.456 e. The van der Waals surface area contributed by atoms with E-state index in [2.05, 4.69) is 174 Å². The molecule has 6 nitrogen and oxygen atoms in total. The topological polar surface area (TPSA) is 69.9 Å². The number of para-hydroxylation sites is 2. The Morgan fingerprint density at radius 1 is 0.313 bits per heavy atom. The van der Waals surface area contributed by atoms with E-state index in [1.807, 2.05) is 36.4 Å². The Hall–Kier alpha value is -9.13. The van der Waals surface area contributed by atoms with Crippen molar-refractivity contribution in [2.75, 3.05) is 0 Å². The first-order chi connectivity index (χ1) is 33.2. The van der Waals surface area contributed by atoms with E-state index < -0.39 is 0 Å². The van der Waals surface area contributed by atoms with E-state index in [1.54, 1.807) is 0 Å². The fourth-order valence-electron chi connectivity index (χ4n) is 10.6. The van der Waals surface area contributed by atoms with Crippen molar-refractivity contribution in [3.05, 3.63) is 206 Å². The SMILES string of the molecule is c1ccc2cc(-c3nc(-c4ccc5c(c4)oc4ccccc45)nc(-c4cc5ccc(-n6c7cc8ccccc8cc7c7c8ccccc8ccc76)cc5c5c4oc4ccccc45)n3)ccc2c1. The summed E-state index contributed by atoms with van der Waals surface area (Å²) in [6, 6.07) is 72.9. The first-order valence-electron chi connectivity index (χ1n) is 22.6. The third-order valence-electron chi connectivity index (χ3n) is 13.7. The molecule has 4 aromatic heterocycles. The minimum Gasteiger partial charge on any atom is -0.456 e. The van der Waals surface area contributed by atoms with Crippen molar-refractivity contribution in [1.29, 1.82) is 0 Å². The lowest BCUT2D eigenvalue weighted by molar-refractivity contribution is 0.668. The predicted octanol–water partition coefficient (Wildman–Crippen LogP) is 16.4. The van der Waals surface area contributed by atoms with Gasteiger partial charge in [-0.2, -0.15) is 0 Å². The third kappa shape index (κ3) is 5.41. The molecule has 310 valence electrons. The Kier molecular flexibility index (Phi) is 7.40. The third-order valence-corrected chi connectivity index (χ3v) is 13.7. The fraction of sp³-hybridized carbons (Fsp3) is 0. The Bertz CT molecular complexity index is 4590. The van der Waals surface area contributed by atoms with Crippen molar-refractivity contribution in [2.24, 2.45) is 0 Å². The lowest BCUT2D eigenvalue weighted by Crippen LogP contribution is -2.01.